The molecular weight excluding hydrogens is 423 g/mol. The van der Waals surface area contributed by atoms with Gasteiger partial charge in [-0.1, -0.05) is 23.9 Å². The number of alkyl halides is 3. The summed E-state index contributed by atoms with van der Waals surface area (Å²) in [7, 11) is 0. The molecule has 4 rings (SSSR count). The van der Waals surface area contributed by atoms with Crippen LogP contribution >= 0.6 is 11.8 Å². The summed E-state index contributed by atoms with van der Waals surface area (Å²) >= 11 is 1.53. The molecular formula is C23H28F3N3OS. The predicted molar refractivity (Wildman–Crippen MR) is 118 cm³/mol. The van der Waals surface area contributed by atoms with Gasteiger partial charge in [0.15, 0.2) is 0 Å². The molecule has 0 atom stereocenters. The number of piperazine rings is 1. The minimum Gasteiger partial charge on any atom is -0.396 e. The first-order valence-electron chi connectivity index (χ1n) is 10.8. The molecule has 0 aliphatic carbocycles. The molecule has 0 amide bonds. The molecule has 1 fully saturated rings. The van der Waals surface area contributed by atoms with Crippen molar-refractivity contribution < 1.29 is 18.3 Å². The molecule has 2 aromatic carbocycles. The van der Waals surface area contributed by atoms with Crippen molar-refractivity contribution in [1.29, 1.82) is 0 Å². The molecule has 1 saturated heterocycles. The summed E-state index contributed by atoms with van der Waals surface area (Å²) in [6.45, 7) is 6.75. The van der Waals surface area contributed by atoms with Crippen LogP contribution < -0.4 is 4.90 Å². The van der Waals surface area contributed by atoms with Crippen LogP contribution in [0.3, 0.4) is 0 Å². The van der Waals surface area contributed by atoms with Gasteiger partial charge in [0, 0.05) is 55.7 Å². The van der Waals surface area contributed by atoms with Gasteiger partial charge in [0.1, 0.15) is 0 Å². The van der Waals surface area contributed by atoms with E-state index in [1.807, 2.05) is 29.2 Å². The van der Waals surface area contributed by atoms with Crippen molar-refractivity contribution in [3.63, 3.8) is 0 Å². The maximum Gasteiger partial charge on any atom is 0.416 e. The van der Waals surface area contributed by atoms with E-state index < -0.39 is 11.7 Å². The average Bonchev–Trinajstić information content (AvgIpc) is 2.77. The van der Waals surface area contributed by atoms with Crippen LogP contribution in [0.4, 0.5) is 24.5 Å². The Morgan fingerprint density at radius 1 is 0.806 bits per heavy atom. The first-order valence-corrected chi connectivity index (χ1v) is 11.6. The van der Waals surface area contributed by atoms with Gasteiger partial charge in [-0.05, 0) is 49.7 Å². The highest BCUT2D eigenvalue weighted by Crippen LogP contribution is 2.49. The van der Waals surface area contributed by atoms with Crippen molar-refractivity contribution in [2.24, 2.45) is 0 Å². The van der Waals surface area contributed by atoms with Crippen LogP contribution in [0.2, 0.25) is 0 Å². The Kier molecular flexibility index (Phi) is 7.11. The smallest absolute Gasteiger partial charge is 0.396 e. The molecule has 2 aromatic rings. The molecule has 0 saturated carbocycles. The second-order valence-electron chi connectivity index (χ2n) is 8.02. The summed E-state index contributed by atoms with van der Waals surface area (Å²) in [5.74, 6) is 0. The van der Waals surface area contributed by atoms with Gasteiger partial charge in [-0.2, -0.15) is 13.2 Å². The molecule has 0 spiro atoms. The van der Waals surface area contributed by atoms with E-state index in [1.165, 1.54) is 23.9 Å². The third-order valence-electron chi connectivity index (χ3n) is 5.91. The van der Waals surface area contributed by atoms with E-state index in [9.17, 15) is 13.2 Å². The highest BCUT2D eigenvalue weighted by molar-refractivity contribution is 7.99. The van der Waals surface area contributed by atoms with Gasteiger partial charge >= 0.3 is 6.18 Å². The Labute approximate surface area is 185 Å². The highest BCUT2D eigenvalue weighted by atomic mass is 32.2. The summed E-state index contributed by atoms with van der Waals surface area (Å²) in [5.41, 5.74) is 1.02. The Morgan fingerprint density at radius 2 is 1.45 bits per heavy atom. The Morgan fingerprint density at radius 3 is 2.13 bits per heavy atom. The first kappa shape index (κ1) is 22.5. The van der Waals surface area contributed by atoms with E-state index in [1.54, 1.807) is 6.07 Å². The Bertz CT molecular complexity index is 885. The quantitative estimate of drug-likeness (QED) is 0.659. The lowest BCUT2D eigenvalue weighted by Crippen LogP contribution is -2.47. The fourth-order valence-electron chi connectivity index (χ4n) is 4.23. The zero-order valence-corrected chi connectivity index (χ0v) is 18.3. The zero-order valence-electron chi connectivity index (χ0n) is 17.4. The fraction of sp³-hybridized carbons (Fsp3) is 0.478. The molecule has 8 heteroatoms. The summed E-state index contributed by atoms with van der Waals surface area (Å²) in [6.07, 6.45) is -2.66. The van der Waals surface area contributed by atoms with Crippen molar-refractivity contribution in [3.8, 4) is 0 Å². The number of hydrogen-bond acceptors (Lipinski definition) is 5. The molecule has 2 heterocycles. The molecule has 0 unspecified atom stereocenters. The molecule has 168 valence electrons. The number of para-hydroxylation sites is 1. The van der Waals surface area contributed by atoms with Gasteiger partial charge in [-0.15, -0.1) is 0 Å². The number of rotatable bonds is 7. The van der Waals surface area contributed by atoms with Gasteiger partial charge < -0.3 is 19.8 Å². The minimum atomic E-state index is -4.35. The lowest BCUT2D eigenvalue weighted by Gasteiger charge is -2.36. The second-order valence-corrected chi connectivity index (χ2v) is 9.10. The third kappa shape index (κ3) is 5.37. The third-order valence-corrected chi connectivity index (χ3v) is 7.04. The van der Waals surface area contributed by atoms with Crippen molar-refractivity contribution in [2.45, 2.75) is 28.8 Å². The second kappa shape index (κ2) is 9.81. The molecule has 4 nitrogen and oxygen atoms in total. The van der Waals surface area contributed by atoms with E-state index >= 15 is 0 Å². The Balaban J connectivity index is 1.43. The summed E-state index contributed by atoms with van der Waals surface area (Å²) in [4.78, 5) is 8.79. The number of aliphatic hydroxyl groups excluding tert-OH is 1. The first-order chi connectivity index (χ1) is 15.0. The number of halogens is 3. The van der Waals surface area contributed by atoms with Gasteiger partial charge in [0.05, 0.1) is 16.9 Å². The monoisotopic (exact) mass is 451 g/mol. The number of anilines is 2. The van der Waals surface area contributed by atoms with Crippen LogP contribution in [0.15, 0.2) is 52.3 Å². The standard InChI is InChI=1S/C23H28F3N3OS/c24-23(25,26)18-7-8-22-20(17-18)29(19-5-1-2-6-21(19)31-22)11-3-9-27-12-14-28(15-13-27)10-4-16-30/h1-2,5-8,17,30H,3-4,9-16H2. The number of benzene rings is 2. The van der Waals surface area contributed by atoms with Crippen molar-refractivity contribution in [2.75, 3.05) is 57.3 Å². The SMILES string of the molecule is OCCCN1CCN(CCCN2c3ccccc3Sc3ccc(C(F)(F)F)cc32)CC1. The van der Waals surface area contributed by atoms with Gasteiger partial charge in [-0.25, -0.2) is 0 Å². The molecule has 31 heavy (non-hydrogen) atoms. The number of fused-ring (bicyclic) bond motifs is 2. The summed E-state index contributed by atoms with van der Waals surface area (Å²) in [6, 6.07) is 12.0. The molecule has 1 N–H and O–H groups in total. The summed E-state index contributed by atoms with van der Waals surface area (Å²) in [5, 5.41) is 8.98. The molecule has 0 aromatic heterocycles. The zero-order chi connectivity index (χ0) is 21.8. The van der Waals surface area contributed by atoms with Crippen LogP contribution in [0, 0.1) is 0 Å². The molecule has 2 aliphatic heterocycles. The highest BCUT2D eigenvalue weighted by Gasteiger charge is 2.33. The lowest BCUT2D eigenvalue weighted by atomic mass is 10.1. The van der Waals surface area contributed by atoms with Gasteiger partial charge in [0.2, 0.25) is 0 Å². The van der Waals surface area contributed by atoms with Crippen LogP contribution in [0.1, 0.15) is 18.4 Å². The number of nitrogens with zero attached hydrogens (tertiary/aromatic N) is 3. The maximum atomic E-state index is 13.3. The number of aliphatic hydroxyl groups is 1. The van der Waals surface area contributed by atoms with E-state index in [2.05, 4.69) is 9.80 Å². The minimum absolute atomic E-state index is 0.230. The van der Waals surface area contributed by atoms with Crippen molar-refractivity contribution in [3.05, 3.63) is 48.0 Å². The molecule has 2 aliphatic rings. The molecule has 0 radical (unpaired) electrons. The Hall–Kier alpha value is -1.74. The van der Waals surface area contributed by atoms with Gasteiger partial charge in [0.25, 0.3) is 0 Å². The van der Waals surface area contributed by atoms with Crippen LogP contribution in [-0.2, 0) is 6.18 Å². The van der Waals surface area contributed by atoms with Crippen molar-refractivity contribution in [1.82, 2.24) is 9.80 Å². The normalized spacial score (nSPS) is 17.5. The van der Waals surface area contributed by atoms with Crippen LogP contribution in [0.5, 0.6) is 0 Å². The average molecular weight is 452 g/mol. The van der Waals surface area contributed by atoms with E-state index in [4.69, 9.17) is 5.11 Å². The largest absolute Gasteiger partial charge is 0.416 e. The van der Waals surface area contributed by atoms with Crippen molar-refractivity contribution >= 4 is 23.1 Å². The topological polar surface area (TPSA) is 30.0 Å². The predicted octanol–water partition coefficient (Wildman–Crippen LogP) is 4.70. The fourth-order valence-corrected chi connectivity index (χ4v) is 5.31. The van der Waals surface area contributed by atoms with E-state index in [-0.39, 0.29) is 6.61 Å². The lowest BCUT2D eigenvalue weighted by molar-refractivity contribution is -0.137. The van der Waals surface area contributed by atoms with Crippen LogP contribution in [0.25, 0.3) is 0 Å². The van der Waals surface area contributed by atoms with Gasteiger partial charge in [-0.3, -0.25) is 0 Å². The maximum absolute atomic E-state index is 13.3. The van der Waals surface area contributed by atoms with E-state index in [0.717, 1.165) is 67.6 Å². The number of hydrogen-bond donors (Lipinski definition) is 1. The molecule has 0 bridgehead atoms. The summed E-state index contributed by atoms with van der Waals surface area (Å²) < 4.78 is 40.0. The van der Waals surface area contributed by atoms with E-state index in [0.29, 0.717) is 12.2 Å². The van der Waals surface area contributed by atoms with Crippen LogP contribution in [-0.4, -0.2) is 67.3 Å².